The molecule has 0 saturated heterocycles. The van der Waals surface area contributed by atoms with Crippen LogP contribution in [0.15, 0.2) is 24.3 Å². The molecular weight excluding hydrogens is 132 g/mol. The molecule has 0 aliphatic heterocycles. The average Bonchev–Trinajstić information content (AvgIpc) is 1.88. The number of hydrogen-bond acceptors (Lipinski definition) is 4. The van der Waals surface area contributed by atoms with E-state index in [1.165, 1.54) is 12.1 Å². The molecule has 0 fully saturated rings. The first-order valence-corrected chi connectivity index (χ1v) is 2.73. The van der Waals surface area contributed by atoms with Crippen molar-refractivity contribution in [2.45, 2.75) is 0 Å². The van der Waals surface area contributed by atoms with Crippen molar-refractivity contribution in [3.8, 4) is 0 Å². The van der Waals surface area contributed by atoms with Gasteiger partial charge in [0, 0.05) is 5.69 Å². The minimum absolute atomic E-state index is 0.0411. The predicted octanol–water partition coefficient (Wildman–Crippen LogP) is 0.854. The lowest BCUT2D eigenvalue weighted by Gasteiger charge is -2.06. The Balaban J connectivity index is 2.89. The van der Waals surface area contributed by atoms with Gasteiger partial charge in [-0.15, -0.1) is 5.23 Å². The lowest BCUT2D eigenvalue weighted by Crippen LogP contribution is -2.10. The molecule has 0 saturated carbocycles. The summed E-state index contributed by atoms with van der Waals surface area (Å²) in [6.07, 6.45) is 0. The summed E-state index contributed by atoms with van der Waals surface area (Å²) in [5.41, 5.74) is 6.22. The molecule has 0 unspecified atom stereocenters. The number of benzene rings is 1. The third kappa shape index (κ3) is 1.37. The second-order valence-electron chi connectivity index (χ2n) is 1.88. The molecule has 1 aromatic carbocycles. The summed E-state index contributed by atoms with van der Waals surface area (Å²) in [4.78, 5) is 0. The zero-order chi connectivity index (χ0) is 7.56. The van der Waals surface area contributed by atoms with Gasteiger partial charge in [0.2, 0.25) is 0 Å². The van der Waals surface area contributed by atoms with E-state index in [4.69, 9.17) is 16.1 Å². The van der Waals surface area contributed by atoms with Crippen molar-refractivity contribution in [2.24, 2.45) is 0 Å². The van der Waals surface area contributed by atoms with Crippen LogP contribution in [-0.2, 0) is 0 Å². The van der Waals surface area contributed by atoms with Gasteiger partial charge < -0.3 is 5.73 Å². The van der Waals surface area contributed by atoms with Crippen LogP contribution in [0.2, 0.25) is 0 Å². The lowest BCUT2D eigenvalue weighted by atomic mass is 10.3. The average molecular weight is 140 g/mol. The monoisotopic (exact) mass is 140 g/mol. The highest BCUT2D eigenvalue weighted by atomic mass is 16.8. The van der Waals surface area contributed by atoms with Crippen molar-refractivity contribution in [2.75, 3.05) is 11.0 Å². The maximum absolute atomic E-state index is 8.46. The maximum Gasteiger partial charge on any atom is 0.0944 e. The lowest BCUT2D eigenvalue weighted by molar-refractivity contribution is 0.0292. The van der Waals surface area contributed by atoms with Gasteiger partial charge in [0.25, 0.3) is 0 Å². The summed E-state index contributed by atoms with van der Waals surface area (Å²) < 4.78 is 0. The Labute approximate surface area is 58.0 Å². The van der Waals surface area contributed by atoms with E-state index in [1.54, 1.807) is 12.1 Å². The molecular formula is C6H8N2O2. The van der Waals surface area contributed by atoms with Crippen LogP contribution in [0.5, 0.6) is 0 Å². The number of anilines is 2. The van der Waals surface area contributed by atoms with E-state index in [1.807, 2.05) is 0 Å². The Morgan fingerprint density at radius 1 is 1.10 bits per heavy atom. The molecule has 0 aliphatic rings. The minimum atomic E-state index is 0.0411. The van der Waals surface area contributed by atoms with E-state index in [-0.39, 0.29) is 10.9 Å². The third-order valence-electron chi connectivity index (χ3n) is 1.12. The van der Waals surface area contributed by atoms with Crippen molar-refractivity contribution < 1.29 is 10.4 Å². The van der Waals surface area contributed by atoms with Gasteiger partial charge in [-0.05, 0) is 24.3 Å². The van der Waals surface area contributed by atoms with Gasteiger partial charge in [-0.2, -0.15) is 0 Å². The van der Waals surface area contributed by atoms with Crippen LogP contribution in [0.1, 0.15) is 0 Å². The summed E-state index contributed by atoms with van der Waals surface area (Å²) in [5, 5.41) is 17.0. The van der Waals surface area contributed by atoms with Crippen LogP contribution >= 0.6 is 0 Å². The Morgan fingerprint density at radius 2 is 1.60 bits per heavy atom. The second kappa shape index (κ2) is 2.55. The number of nitrogen functional groups attached to an aromatic ring is 1. The Hall–Kier alpha value is -1.26. The van der Waals surface area contributed by atoms with Gasteiger partial charge in [0.05, 0.1) is 5.69 Å². The first kappa shape index (κ1) is 6.85. The van der Waals surface area contributed by atoms with E-state index in [0.717, 1.165) is 0 Å². The fourth-order valence-corrected chi connectivity index (χ4v) is 0.608. The van der Waals surface area contributed by atoms with E-state index in [9.17, 15) is 0 Å². The van der Waals surface area contributed by atoms with Crippen molar-refractivity contribution in [1.29, 1.82) is 0 Å². The Bertz CT molecular complexity index is 207. The quantitative estimate of drug-likeness (QED) is 0.399. The summed E-state index contributed by atoms with van der Waals surface area (Å²) in [5.74, 6) is 0. The molecule has 4 heteroatoms. The molecule has 1 aromatic rings. The maximum atomic E-state index is 8.46. The Morgan fingerprint density at radius 3 is 2.00 bits per heavy atom. The van der Waals surface area contributed by atoms with Crippen LogP contribution < -0.4 is 11.0 Å². The van der Waals surface area contributed by atoms with E-state index in [2.05, 4.69) is 0 Å². The Kier molecular flexibility index (Phi) is 1.75. The zero-order valence-corrected chi connectivity index (χ0v) is 5.23. The molecule has 4 nitrogen and oxygen atoms in total. The van der Waals surface area contributed by atoms with E-state index >= 15 is 0 Å². The molecule has 0 radical (unpaired) electrons. The van der Waals surface area contributed by atoms with Crippen molar-refractivity contribution in [1.82, 2.24) is 0 Å². The van der Waals surface area contributed by atoms with Crippen LogP contribution in [0.25, 0.3) is 0 Å². The molecule has 0 bridgehead atoms. The smallest absolute Gasteiger partial charge is 0.0944 e. The summed E-state index contributed by atoms with van der Waals surface area (Å²) >= 11 is 0. The molecule has 0 spiro atoms. The highest BCUT2D eigenvalue weighted by molar-refractivity contribution is 5.49. The predicted molar refractivity (Wildman–Crippen MR) is 36.9 cm³/mol. The third-order valence-corrected chi connectivity index (χ3v) is 1.12. The normalized spacial score (nSPS) is 9.40. The molecule has 0 atom stereocenters. The van der Waals surface area contributed by atoms with Crippen molar-refractivity contribution >= 4 is 11.4 Å². The highest BCUT2D eigenvalue weighted by Crippen LogP contribution is 2.12. The molecule has 0 aliphatic carbocycles. The number of nitrogens with two attached hydrogens (primary N) is 1. The fourth-order valence-electron chi connectivity index (χ4n) is 0.608. The molecule has 0 amide bonds. The molecule has 0 heterocycles. The standard InChI is InChI=1S/C6H8N2O2/c7-5-1-3-6(4-2-5)8(9)10/h1-4,9-10H,7H2. The second-order valence-corrected chi connectivity index (χ2v) is 1.88. The number of hydrogen-bond donors (Lipinski definition) is 3. The van der Waals surface area contributed by atoms with Gasteiger partial charge in [-0.3, -0.25) is 10.4 Å². The van der Waals surface area contributed by atoms with Gasteiger partial charge in [0.15, 0.2) is 0 Å². The summed E-state index contributed by atoms with van der Waals surface area (Å²) in [6.45, 7) is 0. The van der Waals surface area contributed by atoms with Crippen LogP contribution in [0.3, 0.4) is 0 Å². The molecule has 54 valence electrons. The molecule has 1 rings (SSSR count). The van der Waals surface area contributed by atoms with Crippen molar-refractivity contribution in [3.05, 3.63) is 24.3 Å². The van der Waals surface area contributed by atoms with Crippen LogP contribution in [0.4, 0.5) is 11.4 Å². The SMILES string of the molecule is Nc1ccc(N(O)O)cc1. The number of nitrogens with zero attached hydrogens (tertiary/aromatic N) is 1. The first-order chi connectivity index (χ1) is 4.70. The number of rotatable bonds is 1. The van der Waals surface area contributed by atoms with E-state index < -0.39 is 0 Å². The summed E-state index contributed by atoms with van der Waals surface area (Å²) in [6, 6.07) is 6.15. The minimum Gasteiger partial charge on any atom is -0.399 e. The first-order valence-electron chi connectivity index (χ1n) is 2.73. The zero-order valence-electron chi connectivity index (χ0n) is 5.23. The molecule has 0 aromatic heterocycles. The molecule has 4 N–H and O–H groups in total. The van der Waals surface area contributed by atoms with Gasteiger partial charge >= 0.3 is 0 Å². The van der Waals surface area contributed by atoms with Gasteiger partial charge in [-0.25, -0.2) is 0 Å². The largest absolute Gasteiger partial charge is 0.399 e. The van der Waals surface area contributed by atoms with Crippen molar-refractivity contribution in [3.63, 3.8) is 0 Å². The fraction of sp³-hybridized carbons (Fsp3) is 0. The van der Waals surface area contributed by atoms with Crippen LogP contribution in [0, 0.1) is 0 Å². The van der Waals surface area contributed by atoms with E-state index in [0.29, 0.717) is 5.69 Å². The van der Waals surface area contributed by atoms with Gasteiger partial charge in [-0.1, -0.05) is 0 Å². The van der Waals surface area contributed by atoms with Crippen LogP contribution in [-0.4, -0.2) is 10.4 Å². The highest BCUT2D eigenvalue weighted by Gasteiger charge is 1.95. The summed E-state index contributed by atoms with van der Waals surface area (Å²) in [7, 11) is 0. The topological polar surface area (TPSA) is 69.7 Å². The molecule has 10 heavy (non-hydrogen) atoms. The van der Waals surface area contributed by atoms with Gasteiger partial charge in [0.1, 0.15) is 0 Å².